The Balaban J connectivity index is 2.75. The zero-order valence-electron chi connectivity index (χ0n) is 5.57. The van der Waals surface area contributed by atoms with Crippen LogP contribution in [0.1, 0.15) is 10.8 Å². The Kier molecular flexibility index (Phi) is 2.71. The first-order valence-electron chi connectivity index (χ1n) is 3.12. The number of thiol groups is 1. The van der Waals surface area contributed by atoms with Gasteiger partial charge >= 0.3 is 0 Å². The molecule has 0 bridgehead atoms. The van der Waals surface area contributed by atoms with Gasteiger partial charge in [0.05, 0.1) is 0 Å². The maximum Gasteiger partial charge on any atom is 0.0390 e. The Bertz CT molecular complexity index is 188. The summed E-state index contributed by atoms with van der Waals surface area (Å²) in [5, 5.41) is 0.142. The minimum atomic E-state index is 0.142. The third kappa shape index (κ3) is 1.72. The van der Waals surface area contributed by atoms with Crippen molar-refractivity contribution in [2.75, 3.05) is 6.54 Å². The van der Waals surface area contributed by atoms with Gasteiger partial charge in [0.1, 0.15) is 0 Å². The second-order valence-electron chi connectivity index (χ2n) is 2.03. The Morgan fingerprint density at radius 2 is 2.10 bits per heavy atom. The lowest BCUT2D eigenvalue weighted by molar-refractivity contribution is 0.945. The predicted molar refractivity (Wildman–Crippen MR) is 45.0 cm³/mol. The first kappa shape index (κ1) is 7.57. The van der Waals surface area contributed by atoms with Crippen LogP contribution in [0.15, 0.2) is 24.5 Å². The van der Waals surface area contributed by atoms with Crippen molar-refractivity contribution >= 4 is 12.6 Å². The van der Waals surface area contributed by atoms with E-state index in [1.807, 2.05) is 12.1 Å². The van der Waals surface area contributed by atoms with E-state index in [0.717, 1.165) is 5.56 Å². The molecule has 54 valence electrons. The SMILES string of the molecule is NCC(S)c1ccncc1. The molecule has 0 amide bonds. The van der Waals surface area contributed by atoms with Crippen LogP contribution in [0.2, 0.25) is 0 Å². The average Bonchev–Trinajstić information content (AvgIpc) is 2.05. The molecule has 1 aromatic rings. The molecule has 0 fully saturated rings. The van der Waals surface area contributed by atoms with Crippen molar-refractivity contribution in [3.63, 3.8) is 0 Å². The number of pyridine rings is 1. The van der Waals surface area contributed by atoms with Gasteiger partial charge in [0.15, 0.2) is 0 Å². The maximum absolute atomic E-state index is 5.41. The summed E-state index contributed by atoms with van der Waals surface area (Å²) in [6.45, 7) is 0.563. The lowest BCUT2D eigenvalue weighted by Gasteiger charge is -2.05. The molecule has 0 saturated carbocycles. The van der Waals surface area contributed by atoms with Crippen molar-refractivity contribution in [2.45, 2.75) is 5.25 Å². The molecule has 10 heavy (non-hydrogen) atoms. The quantitative estimate of drug-likeness (QED) is 0.624. The highest BCUT2D eigenvalue weighted by Crippen LogP contribution is 2.15. The largest absolute Gasteiger partial charge is 0.329 e. The summed E-state index contributed by atoms with van der Waals surface area (Å²) in [6, 6.07) is 3.84. The molecule has 0 aliphatic carbocycles. The van der Waals surface area contributed by atoms with Gasteiger partial charge < -0.3 is 5.73 Å². The molecule has 0 spiro atoms. The number of nitrogens with two attached hydrogens (primary N) is 1. The Morgan fingerprint density at radius 3 is 2.60 bits per heavy atom. The van der Waals surface area contributed by atoms with Crippen LogP contribution in [0.3, 0.4) is 0 Å². The van der Waals surface area contributed by atoms with Crippen LogP contribution in [0, 0.1) is 0 Å². The standard InChI is InChI=1S/C7H10N2S/c8-5-7(10)6-1-3-9-4-2-6/h1-4,7,10H,5,8H2. The zero-order chi connectivity index (χ0) is 7.40. The van der Waals surface area contributed by atoms with Crippen LogP contribution in [-0.4, -0.2) is 11.5 Å². The minimum absolute atomic E-state index is 0.142. The van der Waals surface area contributed by atoms with Crippen molar-refractivity contribution in [1.29, 1.82) is 0 Å². The summed E-state index contributed by atoms with van der Waals surface area (Å²) < 4.78 is 0. The van der Waals surface area contributed by atoms with E-state index in [1.54, 1.807) is 12.4 Å². The van der Waals surface area contributed by atoms with Crippen molar-refractivity contribution < 1.29 is 0 Å². The molecule has 1 heterocycles. The van der Waals surface area contributed by atoms with Gasteiger partial charge in [-0.2, -0.15) is 12.6 Å². The lowest BCUT2D eigenvalue weighted by Crippen LogP contribution is -2.06. The summed E-state index contributed by atoms with van der Waals surface area (Å²) in [4.78, 5) is 3.89. The van der Waals surface area contributed by atoms with Crippen LogP contribution in [0.5, 0.6) is 0 Å². The van der Waals surface area contributed by atoms with Crippen LogP contribution >= 0.6 is 12.6 Å². The van der Waals surface area contributed by atoms with E-state index >= 15 is 0 Å². The van der Waals surface area contributed by atoms with Crippen LogP contribution in [0.4, 0.5) is 0 Å². The van der Waals surface area contributed by atoms with Gasteiger partial charge in [-0.05, 0) is 17.7 Å². The van der Waals surface area contributed by atoms with Crippen LogP contribution < -0.4 is 5.73 Å². The molecule has 0 aliphatic rings. The zero-order valence-corrected chi connectivity index (χ0v) is 6.46. The van der Waals surface area contributed by atoms with E-state index < -0.39 is 0 Å². The number of hydrogen-bond acceptors (Lipinski definition) is 3. The summed E-state index contributed by atoms with van der Waals surface area (Å²) in [6.07, 6.45) is 3.49. The third-order valence-electron chi connectivity index (χ3n) is 1.31. The first-order chi connectivity index (χ1) is 4.84. The van der Waals surface area contributed by atoms with E-state index in [-0.39, 0.29) is 5.25 Å². The molecule has 3 heteroatoms. The number of hydrogen-bond donors (Lipinski definition) is 2. The Labute approximate surface area is 65.9 Å². The summed E-state index contributed by atoms with van der Waals surface area (Å²) in [5.41, 5.74) is 6.53. The Hall–Kier alpha value is -0.540. The molecule has 1 rings (SSSR count). The topological polar surface area (TPSA) is 38.9 Å². The van der Waals surface area contributed by atoms with E-state index in [4.69, 9.17) is 5.73 Å². The van der Waals surface area contributed by atoms with Gasteiger partial charge in [-0.25, -0.2) is 0 Å². The fourth-order valence-corrected chi connectivity index (χ4v) is 0.894. The second-order valence-corrected chi connectivity index (χ2v) is 2.66. The summed E-state index contributed by atoms with van der Waals surface area (Å²) in [7, 11) is 0. The first-order valence-corrected chi connectivity index (χ1v) is 3.64. The van der Waals surface area contributed by atoms with E-state index in [2.05, 4.69) is 17.6 Å². The molecule has 1 atom stereocenters. The van der Waals surface area contributed by atoms with Gasteiger partial charge in [0.25, 0.3) is 0 Å². The fraction of sp³-hybridized carbons (Fsp3) is 0.286. The number of aromatic nitrogens is 1. The average molecular weight is 154 g/mol. The molecule has 0 aliphatic heterocycles. The van der Waals surface area contributed by atoms with Gasteiger partial charge in [-0.3, -0.25) is 4.98 Å². The molecule has 2 nitrogen and oxygen atoms in total. The lowest BCUT2D eigenvalue weighted by atomic mass is 10.2. The third-order valence-corrected chi connectivity index (χ3v) is 1.82. The van der Waals surface area contributed by atoms with Gasteiger partial charge in [0, 0.05) is 24.2 Å². The summed E-state index contributed by atoms with van der Waals surface area (Å²) >= 11 is 4.27. The van der Waals surface area contributed by atoms with Crippen LogP contribution in [-0.2, 0) is 0 Å². The molecular weight excluding hydrogens is 144 g/mol. The second kappa shape index (κ2) is 3.58. The highest BCUT2D eigenvalue weighted by Gasteiger charge is 2.00. The molecule has 0 saturated heterocycles. The minimum Gasteiger partial charge on any atom is -0.329 e. The van der Waals surface area contributed by atoms with Crippen molar-refractivity contribution in [2.24, 2.45) is 5.73 Å². The van der Waals surface area contributed by atoms with E-state index in [9.17, 15) is 0 Å². The van der Waals surface area contributed by atoms with Crippen molar-refractivity contribution in [3.8, 4) is 0 Å². The van der Waals surface area contributed by atoms with Crippen LogP contribution in [0.25, 0.3) is 0 Å². The van der Waals surface area contributed by atoms with Crippen molar-refractivity contribution in [3.05, 3.63) is 30.1 Å². The maximum atomic E-state index is 5.41. The monoisotopic (exact) mass is 154 g/mol. The number of rotatable bonds is 2. The smallest absolute Gasteiger partial charge is 0.0390 e. The predicted octanol–water partition coefficient (Wildman–Crippen LogP) is 1.01. The molecule has 0 radical (unpaired) electrons. The fourth-order valence-electron chi connectivity index (χ4n) is 0.722. The van der Waals surface area contributed by atoms with Gasteiger partial charge in [-0.1, -0.05) is 0 Å². The Morgan fingerprint density at radius 1 is 1.50 bits per heavy atom. The molecule has 2 N–H and O–H groups in total. The molecular formula is C7H10N2S. The molecule has 1 aromatic heterocycles. The molecule has 1 unspecified atom stereocenters. The normalized spacial score (nSPS) is 13.0. The van der Waals surface area contributed by atoms with E-state index in [1.165, 1.54) is 0 Å². The number of nitrogens with zero attached hydrogens (tertiary/aromatic N) is 1. The van der Waals surface area contributed by atoms with E-state index in [0.29, 0.717) is 6.54 Å². The van der Waals surface area contributed by atoms with Gasteiger partial charge in [-0.15, -0.1) is 0 Å². The summed E-state index contributed by atoms with van der Waals surface area (Å²) in [5.74, 6) is 0. The highest BCUT2D eigenvalue weighted by molar-refractivity contribution is 7.80. The molecule has 0 aromatic carbocycles. The van der Waals surface area contributed by atoms with Crippen molar-refractivity contribution in [1.82, 2.24) is 4.98 Å². The van der Waals surface area contributed by atoms with Gasteiger partial charge in [0.2, 0.25) is 0 Å². The highest BCUT2D eigenvalue weighted by atomic mass is 32.1.